The van der Waals surface area contributed by atoms with Gasteiger partial charge in [0.15, 0.2) is 5.82 Å². The van der Waals surface area contributed by atoms with E-state index in [9.17, 15) is 0 Å². The molecule has 4 nitrogen and oxygen atoms in total. The average molecular weight is 353 g/mol. The second kappa shape index (κ2) is 7.38. The van der Waals surface area contributed by atoms with Crippen molar-refractivity contribution in [3.63, 3.8) is 0 Å². The van der Waals surface area contributed by atoms with Crippen LogP contribution >= 0.6 is 0 Å². The fourth-order valence-electron chi connectivity index (χ4n) is 2.87. The van der Waals surface area contributed by atoms with Gasteiger partial charge in [0.05, 0.1) is 5.52 Å². The molecule has 0 bridgehead atoms. The Hall–Kier alpha value is -3.53. The van der Waals surface area contributed by atoms with Crippen molar-refractivity contribution in [3.8, 4) is 23.1 Å². The van der Waals surface area contributed by atoms with Gasteiger partial charge in [-0.1, -0.05) is 48.5 Å². The van der Waals surface area contributed by atoms with Crippen LogP contribution in [0.5, 0.6) is 11.6 Å². The summed E-state index contributed by atoms with van der Waals surface area (Å²) >= 11 is 0. The molecule has 2 aromatic heterocycles. The Kier molecular flexibility index (Phi) is 4.62. The molecule has 4 rings (SSSR count). The molecule has 2 aromatic carbocycles. The fourth-order valence-corrected chi connectivity index (χ4v) is 2.87. The number of hydrogen-bond acceptors (Lipinski definition) is 4. The van der Waals surface area contributed by atoms with Crippen molar-refractivity contribution in [2.75, 3.05) is 0 Å². The van der Waals surface area contributed by atoms with E-state index >= 15 is 0 Å². The lowest BCUT2D eigenvalue weighted by Crippen LogP contribution is -1.98. The summed E-state index contributed by atoms with van der Waals surface area (Å²) in [4.78, 5) is 13.8. The van der Waals surface area contributed by atoms with Crippen molar-refractivity contribution in [1.82, 2.24) is 15.0 Å². The van der Waals surface area contributed by atoms with Gasteiger partial charge in [-0.3, -0.25) is 0 Å². The highest BCUT2D eigenvalue weighted by Crippen LogP contribution is 2.29. The molecular weight excluding hydrogens is 334 g/mol. The zero-order chi connectivity index (χ0) is 18.6. The number of benzene rings is 2. The molecular formula is C23H19N3O. The minimum absolute atomic E-state index is 0.556. The second-order valence-electron chi connectivity index (χ2n) is 6.27. The topological polar surface area (TPSA) is 47.9 Å². The van der Waals surface area contributed by atoms with Crippen molar-refractivity contribution in [2.24, 2.45) is 0 Å². The highest BCUT2D eigenvalue weighted by molar-refractivity contribution is 5.79. The quantitative estimate of drug-likeness (QED) is 0.443. The van der Waals surface area contributed by atoms with Crippen molar-refractivity contribution in [2.45, 2.75) is 13.3 Å². The number of aryl methyl sites for hydroxylation is 1. The first-order chi connectivity index (χ1) is 13.2. The lowest BCUT2D eigenvalue weighted by Gasteiger charge is -2.12. The molecule has 0 atom stereocenters. The van der Waals surface area contributed by atoms with Crippen LogP contribution in [0.4, 0.5) is 0 Å². The lowest BCUT2D eigenvalue weighted by molar-refractivity contribution is 0.455. The van der Waals surface area contributed by atoms with Crippen molar-refractivity contribution in [3.05, 3.63) is 90.6 Å². The fraction of sp³-hybridized carbons (Fsp3) is 0.0870. The Labute approximate surface area is 158 Å². The third kappa shape index (κ3) is 3.55. The van der Waals surface area contributed by atoms with Gasteiger partial charge in [0, 0.05) is 17.1 Å². The van der Waals surface area contributed by atoms with Crippen LogP contribution in [0.1, 0.15) is 11.1 Å². The van der Waals surface area contributed by atoms with Crippen LogP contribution in [0, 0.1) is 6.92 Å². The number of nitrogens with zero attached hydrogens (tertiary/aromatic N) is 3. The van der Waals surface area contributed by atoms with Crippen LogP contribution in [0.15, 0.2) is 79.5 Å². The molecule has 4 heteroatoms. The van der Waals surface area contributed by atoms with Crippen molar-refractivity contribution >= 4 is 10.9 Å². The largest absolute Gasteiger partial charge is 0.438 e. The summed E-state index contributed by atoms with van der Waals surface area (Å²) in [5.74, 6) is 1.92. The minimum atomic E-state index is 0.556. The molecule has 0 unspecified atom stereocenters. The summed E-state index contributed by atoms with van der Waals surface area (Å²) in [6.45, 7) is 5.79. The zero-order valence-electron chi connectivity index (χ0n) is 15.1. The summed E-state index contributed by atoms with van der Waals surface area (Å²) in [5.41, 5.74) is 3.60. The van der Waals surface area contributed by atoms with E-state index < -0.39 is 0 Å². The van der Waals surface area contributed by atoms with Gasteiger partial charge in [0.25, 0.3) is 0 Å². The van der Waals surface area contributed by atoms with Gasteiger partial charge in [-0.25, -0.2) is 15.0 Å². The van der Waals surface area contributed by atoms with Gasteiger partial charge in [-0.2, -0.15) is 0 Å². The van der Waals surface area contributed by atoms with Gasteiger partial charge in [-0.15, -0.1) is 6.58 Å². The molecule has 0 aliphatic heterocycles. The first-order valence-corrected chi connectivity index (χ1v) is 8.81. The van der Waals surface area contributed by atoms with Crippen molar-refractivity contribution < 1.29 is 4.74 Å². The van der Waals surface area contributed by atoms with Gasteiger partial charge in [0.2, 0.25) is 5.88 Å². The Morgan fingerprint density at radius 3 is 2.67 bits per heavy atom. The zero-order valence-corrected chi connectivity index (χ0v) is 15.1. The minimum Gasteiger partial charge on any atom is -0.438 e. The number of hydrogen-bond donors (Lipinski definition) is 0. The summed E-state index contributed by atoms with van der Waals surface area (Å²) in [6, 6.07) is 19.7. The number of rotatable bonds is 5. The third-order valence-corrected chi connectivity index (χ3v) is 4.31. The lowest BCUT2D eigenvalue weighted by atomic mass is 10.1. The number of ether oxygens (including phenoxy) is 1. The van der Waals surface area contributed by atoms with E-state index in [4.69, 9.17) is 4.74 Å². The molecule has 0 spiro atoms. The molecule has 0 aliphatic carbocycles. The Morgan fingerprint density at radius 2 is 1.78 bits per heavy atom. The molecule has 132 valence electrons. The SMILES string of the molecule is C=CCc1ccccc1Oc1nc(-c2ncc3ccccc3n2)ccc1C. The first kappa shape index (κ1) is 16.9. The summed E-state index contributed by atoms with van der Waals surface area (Å²) in [7, 11) is 0. The predicted octanol–water partition coefficient (Wildman–Crippen LogP) is 5.52. The molecule has 0 saturated carbocycles. The molecule has 4 aromatic rings. The maximum atomic E-state index is 6.13. The monoisotopic (exact) mass is 353 g/mol. The molecule has 0 radical (unpaired) electrons. The summed E-state index contributed by atoms with van der Waals surface area (Å²) in [6.07, 6.45) is 4.42. The Bertz CT molecular complexity index is 1120. The average Bonchev–Trinajstić information content (AvgIpc) is 2.71. The normalized spacial score (nSPS) is 10.7. The highest BCUT2D eigenvalue weighted by Gasteiger charge is 2.11. The standard InChI is InChI=1S/C23H19N3O/c1-3-8-17-9-5-7-12-21(17)27-23-16(2)13-14-20(26-23)22-24-15-18-10-4-6-11-19(18)25-22/h3-7,9-15H,1,8H2,2H3. The van der Waals surface area contributed by atoms with Crippen LogP contribution in [-0.2, 0) is 6.42 Å². The highest BCUT2D eigenvalue weighted by atomic mass is 16.5. The van der Waals surface area contributed by atoms with Gasteiger partial charge >= 0.3 is 0 Å². The van der Waals surface area contributed by atoms with Crippen LogP contribution in [-0.4, -0.2) is 15.0 Å². The van der Waals surface area contributed by atoms with E-state index in [0.29, 0.717) is 17.4 Å². The molecule has 0 fully saturated rings. The third-order valence-electron chi connectivity index (χ3n) is 4.31. The summed E-state index contributed by atoms with van der Waals surface area (Å²) in [5, 5.41) is 1.00. The van der Waals surface area contributed by atoms with E-state index in [1.807, 2.05) is 79.9 Å². The number of para-hydroxylation sites is 2. The predicted molar refractivity (Wildman–Crippen MR) is 108 cm³/mol. The maximum absolute atomic E-state index is 6.13. The molecule has 0 saturated heterocycles. The first-order valence-electron chi connectivity index (χ1n) is 8.81. The van der Waals surface area contributed by atoms with E-state index in [1.54, 1.807) is 0 Å². The van der Waals surface area contributed by atoms with Gasteiger partial charge in [0.1, 0.15) is 11.4 Å². The van der Waals surface area contributed by atoms with Crippen LogP contribution in [0.2, 0.25) is 0 Å². The van der Waals surface area contributed by atoms with E-state index in [-0.39, 0.29) is 0 Å². The molecule has 0 amide bonds. The van der Waals surface area contributed by atoms with Gasteiger partial charge < -0.3 is 4.74 Å². The van der Waals surface area contributed by atoms with Gasteiger partial charge in [-0.05, 0) is 37.1 Å². The van der Waals surface area contributed by atoms with E-state index in [2.05, 4.69) is 21.5 Å². The van der Waals surface area contributed by atoms with Crippen LogP contribution in [0.3, 0.4) is 0 Å². The number of allylic oxidation sites excluding steroid dienone is 1. The summed E-state index contributed by atoms with van der Waals surface area (Å²) < 4.78 is 6.13. The Balaban J connectivity index is 1.72. The smallest absolute Gasteiger partial charge is 0.222 e. The van der Waals surface area contributed by atoms with Crippen molar-refractivity contribution in [1.29, 1.82) is 0 Å². The molecule has 2 heterocycles. The number of fused-ring (bicyclic) bond motifs is 1. The second-order valence-corrected chi connectivity index (χ2v) is 6.27. The van der Waals surface area contributed by atoms with Crippen LogP contribution < -0.4 is 4.74 Å². The van der Waals surface area contributed by atoms with E-state index in [1.165, 1.54) is 0 Å². The maximum Gasteiger partial charge on any atom is 0.222 e. The Morgan fingerprint density at radius 1 is 0.963 bits per heavy atom. The van der Waals surface area contributed by atoms with Crippen LogP contribution in [0.25, 0.3) is 22.4 Å². The molecule has 27 heavy (non-hydrogen) atoms. The number of pyridine rings is 1. The molecule has 0 N–H and O–H groups in total. The molecule has 0 aliphatic rings. The van der Waals surface area contributed by atoms with E-state index in [0.717, 1.165) is 34.2 Å². The number of aromatic nitrogens is 3.